The predicted octanol–water partition coefficient (Wildman–Crippen LogP) is 6.56. The topological polar surface area (TPSA) is 33.7 Å². The molecule has 2 aromatic rings. The lowest BCUT2D eigenvalue weighted by atomic mass is 10.2. The van der Waals surface area contributed by atoms with Crippen molar-refractivity contribution in [2.45, 2.75) is 59.1 Å². The van der Waals surface area contributed by atoms with Crippen molar-refractivity contribution < 1.29 is 13.9 Å². The minimum Gasteiger partial charge on any atom is -0.493 e. The van der Waals surface area contributed by atoms with E-state index in [1.54, 1.807) is 19.2 Å². The number of nitrogens with zero attached hydrogens (tertiary/aromatic N) is 1. The Morgan fingerprint density at radius 3 is 2.22 bits per heavy atom. The Balaban J connectivity index is 1.83. The van der Waals surface area contributed by atoms with Crippen molar-refractivity contribution in [3.05, 3.63) is 57.8 Å². The maximum atomic E-state index is 13.1. The van der Waals surface area contributed by atoms with Gasteiger partial charge in [0, 0.05) is 6.54 Å². The molecule has 1 N–H and O–H groups in total. The third kappa shape index (κ3) is 9.47. The molecule has 0 atom stereocenters. The Morgan fingerprint density at radius 1 is 0.938 bits per heavy atom. The van der Waals surface area contributed by atoms with Gasteiger partial charge in [-0.3, -0.25) is 0 Å². The fourth-order valence-corrected chi connectivity index (χ4v) is 4.11. The number of hydrogen-bond donors (Lipinski definition) is 1. The number of rotatable bonds is 16. The van der Waals surface area contributed by atoms with Crippen LogP contribution in [0, 0.1) is 5.82 Å². The van der Waals surface area contributed by atoms with Crippen LogP contribution in [-0.2, 0) is 13.2 Å². The number of benzene rings is 2. The van der Waals surface area contributed by atoms with Gasteiger partial charge in [-0.25, -0.2) is 4.39 Å². The van der Waals surface area contributed by atoms with E-state index in [1.165, 1.54) is 50.9 Å². The van der Waals surface area contributed by atoms with Crippen LogP contribution in [0.4, 0.5) is 4.39 Å². The van der Waals surface area contributed by atoms with E-state index >= 15 is 0 Å². The number of halogens is 2. The van der Waals surface area contributed by atoms with Gasteiger partial charge in [-0.05, 0) is 96.8 Å². The molecule has 0 saturated heterocycles. The molecule has 0 amide bonds. The maximum absolute atomic E-state index is 13.1. The smallest absolute Gasteiger partial charge is 0.175 e. The van der Waals surface area contributed by atoms with Crippen LogP contribution in [0.3, 0.4) is 0 Å². The summed E-state index contributed by atoms with van der Waals surface area (Å²) in [6.07, 6.45) is 6.20. The molecule has 0 fully saturated rings. The van der Waals surface area contributed by atoms with Crippen molar-refractivity contribution in [3.63, 3.8) is 0 Å². The van der Waals surface area contributed by atoms with Crippen LogP contribution in [0.15, 0.2) is 40.9 Å². The number of methoxy groups -OCH3 is 1. The molecule has 0 heterocycles. The van der Waals surface area contributed by atoms with Gasteiger partial charge in [0.2, 0.25) is 0 Å². The van der Waals surface area contributed by atoms with Crippen LogP contribution in [0.25, 0.3) is 0 Å². The number of unbranched alkanes of at least 4 members (excludes halogenated alkanes) is 2. The Bertz CT molecular complexity index is 778. The van der Waals surface area contributed by atoms with E-state index in [-0.39, 0.29) is 5.82 Å². The van der Waals surface area contributed by atoms with Crippen molar-refractivity contribution in [1.82, 2.24) is 10.2 Å². The highest BCUT2D eigenvalue weighted by Gasteiger charge is 2.12. The van der Waals surface area contributed by atoms with Crippen LogP contribution >= 0.6 is 15.9 Å². The summed E-state index contributed by atoms with van der Waals surface area (Å²) in [5.41, 5.74) is 2.04. The molecule has 0 aliphatic carbocycles. The molecule has 2 aromatic carbocycles. The van der Waals surface area contributed by atoms with Crippen LogP contribution in [0.5, 0.6) is 11.5 Å². The van der Waals surface area contributed by atoms with Crippen molar-refractivity contribution >= 4 is 15.9 Å². The van der Waals surface area contributed by atoms with Gasteiger partial charge in [0.1, 0.15) is 12.4 Å². The lowest BCUT2D eigenvalue weighted by Crippen LogP contribution is -2.29. The summed E-state index contributed by atoms with van der Waals surface area (Å²) in [5, 5.41) is 3.55. The number of ether oxygens (including phenoxy) is 2. The molecular formula is C26H38BrFN2O2. The SMILES string of the molecule is CCCCN(CCCC)CCCNCc1cc(Br)c(OCc2ccc(F)cc2)c(OC)c1. The number of nitrogens with one attached hydrogen (secondary N) is 1. The molecule has 0 bridgehead atoms. The van der Waals surface area contributed by atoms with Crippen LogP contribution < -0.4 is 14.8 Å². The minimum absolute atomic E-state index is 0.251. The summed E-state index contributed by atoms with van der Waals surface area (Å²) in [4.78, 5) is 2.60. The summed E-state index contributed by atoms with van der Waals surface area (Å²) >= 11 is 3.61. The lowest BCUT2D eigenvalue weighted by Gasteiger charge is -2.22. The van der Waals surface area contributed by atoms with Crippen LogP contribution in [-0.4, -0.2) is 38.2 Å². The second-order valence-corrected chi connectivity index (χ2v) is 8.96. The van der Waals surface area contributed by atoms with Gasteiger partial charge in [-0.15, -0.1) is 0 Å². The second-order valence-electron chi connectivity index (χ2n) is 8.10. The van der Waals surface area contributed by atoms with Gasteiger partial charge in [-0.2, -0.15) is 0 Å². The largest absolute Gasteiger partial charge is 0.493 e. The van der Waals surface area contributed by atoms with E-state index in [2.05, 4.69) is 46.1 Å². The normalized spacial score (nSPS) is 11.2. The molecule has 4 nitrogen and oxygen atoms in total. The average Bonchev–Trinajstić information content (AvgIpc) is 2.80. The molecule has 6 heteroatoms. The molecule has 0 saturated carbocycles. The first kappa shape index (κ1) is 26.6. The highest BCUT2D eigenvalue weighted by Crippen LogP contribution is 2.37. The molecule has 178 valence electrons. The molecular weight excluding hydrogens is 471 g/mol. The van der Waals surface area contributed by atoms with E-state index in [1.807, 2.05) is 6.07 Å². The maximum Gasteiger partial charge on any atom is 0.175 e. The van der Waals surface area contributed by atoms with E-state index in [4.69, 9.17) is 9.47 Å². The van der Waals surface area contributed by atoms with Gasteiger partial charge in [0.15, 0.2) is 11.5 Å². The van der Waals surface area contributed by atoms with Gasteiger partial charge >= 0.3 is 0 Å². The molecule has 0 aromatic heterocycles. The van der Waals surface area contributed by atoms with Crippen LogP contribution in [0.2, 0.25) is 0 Å². The van der Waals surface area contributed by atoms with E-state index in [0.29, 0.717) is 18.1 Å². The van der Waals surface area contributed by atoms with Crippen molar-refractivity contribution in [1.29, 1.82) is 0 Å². The first-order valence-corrected chi connectivity index (χ1v) is 12.5. The third-order valence-corrected chi connectivity index (χ3v) is 5.99. The zero-order valence-corrected chi connectivity index (χ0v) is 21.3. The van der Waals surface area contributed by atoms with Crippen LogP contribution in [0.1, 0.15) is 57.1 Å². The molecule has 2 rings (SSSR count). The van der Waals surface area contributed by atoms with Crippen molar-refractivity contribution in [2.24, 2.45) is 0 Å². The monoisotopic (exact) mass is 508 g/mol. The molecule has 0 aliphatic rings. The molecule has 0 spiro atoms. The van der Waals surface area contributed by atoms with Crippen molar-refractivity contribution in [2.75, 3.05) is 33.3 Å². The summed E-state index contributed by atoms with van der Waals surface area (Å²) in [5.74, 6) is 1.09. The highest BCUT2D eigenvalue weighted by atomic mass is 79.9. The quantitative estimate of drug-likeness (QED) is 0.260. The standard InChI is InChI=1S/C26H38BrFN2O2/c1-4-6-14-30(15-7-5-2)16-8-13-29-19-22-17-24(27)26(25(18-22)31-3)32-20-21-9-11-23(28)12-10-21/h9-12,17-18,29H,4-8,13-16,19-20H2,1-3H3. The Labute approximate surface area is 201 Å². The Hall–Kier alpha value is -1.63. The van der Waals surface area contributed by atoms with Gasteiger partial charge in [-0.1, -0.05) is 38.8 Å². The number of hydrogen-bond acceptors (Lipinski definition) is 4. The Morgan fingerprint density at radius 2 is 1.59 bits per heavy atom. The zero-order chi connectivity index (χ0) is 23.2. The summed E-state index contributed by atoms with van der Waals surface area (Å²) < 4.78 is 25.4. The first-order valence-electron chi connectivity index (χ1n) is 11.7. The van der Waals surface area contributed by atoms with Gasteiger partial charge in [0.05, 0.1) is 11.6 Å². The molecule has 0 unspecified atom stereocenters. The lowest BCUT2D eigenvalue weighted by molar-refractivity contribution is 0.261. The predicted molar refractivity (Wildman–Crippen MR) is 134 cm³/mol. The molecule has 0 radical (unpaired) electrons. The highest BCUT2D eigenvalue weighted by molar-refractivity contribution is 9.10. The van der Waals surface area contributed by atoms with Gasteiger partial charge < -0.3 is 19.7 Å². The molecule has 32 heavy (non-hydrogen) atoms. The van der Waals surface area contributed by atoms with Crippen molar-refractivity contribution in [3.8, 4) is 11.5 Å². The second kappa shape index (κ2) is 15.3. The summed E-state index contributed by atoms with van der Waals surface area (Å²) in [6, 6.07) is 10.4. The fraction of sp³-hybridized carbons (Fsp3) is 0.538. The van der Waals surface area contributed by atoms with E-state index in [0.717, 1.165) is 41.7 Å². The zero-order valence-electron chi connectivity index (χ0n) is 19.8. The molecule has 0 aliphatic heterocycles. The Kier molecular flexibility index (Phi) is 12.7. The summed E-state index contributed by atoms with van der Waals surface area (Å²) in [7, 11) is 1.64. The van der Waals surface area contributed by atoms with E-state index < -0.39 is 0 Å². The fourth-order valence-electron chi connectivity index (χ4n) is 3.51. The summed E-state index contributed by atoms with van der Waals surface area (Å²) in [6.45, 7) is 10.2. The average molecular weight is 510 g/mol. The third-order valence-electron chi connectivity index (χ3n) is 5.40. The van der Waals surface area contributed by atoms with E-state index in [9.17, 15) is 4.39 Å². The van der Waals surface area contributed by atoms with Gasteiger partial charge in [0.25, 0.3) is 0 Å². The minimum atomic E-state index is -0.251. The first-order chi connectivity index (χ1) is 15.6.